The number of nitrogens with two attached hydrogens (primary N) is 1. The molecule has 28 heavy (non-hydrogen) atoms. The number of nitrogens with zero attached hydrogens (tertiary/aromatic N) is 2. The number of hydrogen-bond acceptors (Lipinski definition) is 4. The summed E-state index contributed by atoms with van der Waals surface area (Å²) in [4.78, 5) is 29.1. The second kappa shape index (κ2) is 8.32. The van der Waals surface area contributed by atoms with Gasteiger partial charge in [-0.2, -0.15) is 0 Å². The summed E-state index contributed by atoms with van der Waals surface area (Å²) in [6.07, 6.45) is 4.77. The fourth-order valence-electron chi connectivity index (χ4n) is 2.71. The zero-order valence-corrected chi connectivity index (χ0v) is 17.6. The van der Waals surface area contributed by atoms with Crippen molar-refractivity contribution in [1.29, 1.82) is 0 Å². The second-order valence-corrected chi connectivity index (χ2v) is 7.57. The first-order valence-corrected chi connectivity index (χ1v) is 9.47. The number of carbonyl (C=O) groups is 2. The summed E-state index contributed by atoms with van der Waals surface area (Å²) < 4.78 is 2.30. The van der Waals surface area contributed by atoms with E-state index < -0.39 is 11.8 Å². The number of anilines is 1. The minimum absolute atomic E-state index is 0.153. The van der Waals surface area contributed by atoms with E-state index in [-0.39, 0.29) is 5.56 Å². The topological polar surface area (TPSA) is 102 Å². The Kier molecular flexibility index (Phi) is 6.04. The predicted octanol–water partition coefficient (Wildman–Crippen LogP) is 4.11. The Labute approximate surface area is 178 Å². The normalized spacial score (nSPS) is 10.6. The number of pyridine rings is 1. The molecule has 7 nitrogen and oxygen atoms in total. The van der Waals surface area contributed by atoms with Crippen molar-refractivity contribution in [1.82, 2.24) is 15.0 Å². The van der Waals surface area contributed by atoms with E-state index >= 15 is 0 Å². The number of aryl methyl sites for hydroxylation is 1. The van der Waals surface area contributed by atoms with Crippen LogP contribution in [-0.2, 0) is 0 Å². The molecular formula is C18H14BrCl2N5O2. The van der Waals surface area contributed by atoms with Crippen LogP contribution in [-0.4, -0.2) is 21.4 Å². The first-order chi connectivity index (χ1) is 13.3. The third-order valence-corrected chi connectivity index (χ3v) is 4.89. The highest BCUT2D eigenvalue weighted by molar-refractivity contribution is 9.10. The van der Waals surface area contributed by atoms with Gasteiger partial charge in [-0.05, 0) is 52.7 Å². The fourth-order valence-corrected chi connectivity index (χ4v) is 3.62. The van der Waals surface area contributed by atoms with Gasteiger partial charge in [0.25, 0.3) is 11.8 Å². The Morgan fingerprint density at radius 3 is 2.64 bits per heavy atom. The summed E-state index contributed by atoms with van der Waals surface area (Å²) in [6, 6.07) is 6.40. The third kappa shape index (κ3) is 4.05. The monoisotopic (exact) mass is 481 g/mol. The maximum absolute atomic E-state index is 13.0. The van der Waals surface area contributed by atoms with E-state index in [0.29, 0.717) is 37.2 Å². The molecule has 0 aliphatic heterocycles. The highest BCUT2D eigenvalue weighted by atomic mass is 79.9. The minimum Gasteiger partial charge on any atom is -0.320 e. The molecule has 0 bridgehead atoms. The minimum atomic E-state index is -0.574. The van der Waals surface area contributed by atoms with Gasteiger partial charge in [0.2, 0.25) is 0 Å². The molecule has 0 fully saturated rings. The first-order valence-electron chi connectivity index (χ1n) is 7.92. The number of amides is 2. The maximum Gasteiger partial charge on any atom is 0.272 e. The summed E-state index contributed by atoms with van der Waals surface area (Å²) in [5.41, 5.74) is 4.00. The molecule has 3 aromatic rings. The van der Waals surface area contributed by atoms with Gasteiger partial charge in [-0.25, -0.2) is 5.84 Å². The van der Waals surface area contributed by atoms with E-state index in [1.165, 1.54) is 12.3 Å². The molecule has 0 atom stereocenters. The van der Waals surface area contributed by atoms with E-state index in [9.17, 15) is 9.59 Å². The van der Waals surface area contributed by atoms with Crippen LogP contribution in [0.3, 0.4) is 0 Å². The second-order valence-electron chi connectivity index (χ2n) is 5.81. The van der Waals surface area contributed by atoms with Gasteiger partial charge in [-0.3, -0.25) is 20.0 Å². The van der Waals surface area contributed by atoms with Gasteiger partial charge in [0.05, 0.1) is 22.0 Å². The molecule has 0 saturated carbocycles. The van der Waals surface area contributed by atoms with Gasteiger partial charge in [0.15, 0.2) is 0 Å². The zero-order valence-electron chi connectivity index (χ0n) is 14.5. The molecular weight excluding hydrogens is 469 g/mol. The van der Waals surface area contributed by atoms with Crippen LogP contribution in [0.4, 0.5) is 5.69 Å². The number of halogens is 3. The van der Waals surface area contributed by atoms with E-state index in [1.807, 2.05) is 0 Å². The number of hydrogen-bond donors (Lipinski definition) is 3. The molecule has 2 amide bonds. The summed E-state index contributed by atoms with van der Waals surface area (Å²) in [5, 5.41) is 3.50. The Morgan fingerprint density at radius 1 is 1.21 bits per heavy atom. The van der Waals surface area contributed by atoms with Crippen LogP contribution in [0, 0.1) is 6.92 Å². The average Bonchev–Trinajstić information content (AvgIpc) is 3.05. The van der Waals surface area contributed by atoms with E-state index in [2.05, 4.69) is 31.7 Å². The molecule has 3 rings (SSSR count). The van der Waals surface area contributed by atoms with Gasteiger partial charge in [-0.15, -0.1) is 0 Å². The SMILES string of the molecule is Cc1cc(Cl)cc(C(=O)NN)c1NC(=O)c1cc(Br)cn1-c1ccncc1Cl. The van der Waals surface area contributed by atoms with E-state index in [4.69, 9.17) is 29.0 Å². The molecule has 1 aromatic carbocycles. The average molecular weight is 483 g/mol. The number of carbonyl (C=O) groups excluding carboxylic acids is 2. The summed E-state index contributed by atoms with van der Waals surface area (Å²) in [6.45, 7) is 1.73. The molecule has 10 heteroatoms. The van der Waals surface area contributed by atoms with Crippen LogP contribution in [0.25, 0.3) is 5.69 Å². The number of rotatable bonds is 4. The molecule has 0 saturated heterocycles. The Bertz CT molecular complexity index is 1080. The van der Waals surface area contributed by atoms with Crippen LogP contribution in [0.15, 0.2) is 47.3 Å². The van der Waals surface area contributed by atoms with Gasteiger partial charge >= 0.3 is 0 Å². The van der Waals surface area contributed by atoms with Crippen molar-refractivity contribution in [2.24, 2.45) is 5.84 Å². The third-order valence-electron chi connectivity index (χ3n) is 3.94. The predicted molar refractivity (Wildman–Crippen MR) is 112 cm³/mol. The van der Waals surface area contributed by atoms with Crippen molar-refractivity contribution in [2.75, 3.05) is 5.32 Å². The molecule has 2 aromatic heterocycles. The summed E-state index contributed by atoms with van der Waals surface area (Å²) in [5.74, 6) is 4.23. The molecule has 4 N–H and O–H groups in total. The molecule has 0 aliphatic rings. The lowest BCUT2D eigenvalue weighted by Gasteiger charge is -2.15. The molecule has 0 unspecified atom stereocenters. The highest BCUT2D eigenvalue weighted by Gasteiger charge is 2.20. The van der Waals surface area contributed by atoms with Crippen LogP contribution >= 0.6 is 39.1 Å². The molecule has 2 heterocycles. The van der Waals surface area contributed by atoms with Crippen LogP contribution < -0.4 is 16.6 Å². The lowest BCUT2D eigenvalue weighted by atomic mass is 10.1. The van der Waals surface area contributed by atoms with Gasteiger partial charge in [-0.1, -0.05) is 23.2 Å². The standard InChI is InChI=1S/C18H14BrCl2N5O2/c1-9-4-11(20)6-12(17(27)25-22)16(9)24-18(28)15-5-10(19)8-26(15)14-2-3-23-7-13(14)21/h2-8H,22H2,1H3,(H,24,28)(H,25,27). The summed E-state index contributed by atoms with van der Waals surface area (Å²) >= 11 is 15.6. The van der Waals surface area contributed by atoms with Gasteiger partial charge < -0.3 is 9.88 Å². The lowest BCUT2D eigenvalue weighted by molar-refractivity contribution is 0.0954. The fraction of sp³-hybridized carbons (Fsp3) is 0.0556. The van der Waals surface area contributed by atoms with Crippen LogP contribution in [0.2, 0.25) is 10.0 Å². The highest BCUT2D eigenvalue weighted by Crippen LogP contribution is 2.28. The molecule has 144 valence electrons. The number of nitrogens with one attached hydrogen (secondary N) is 2. The van der Waals surface area contributed by atoms with Crippen LogP contribution in [0.5, 0.6) is 0 Å². The summed E-state index contributed by atoms with van der Waals surface area (Å²) in [7, 11) is 0. The van der Waals surface area contributed by atoms with Crippen molar-refractivity contribution < 1.29 is 9.59 Å². The van der Waals surface area contributed by atoms with E-state index in [1.54, 1.807) is 42.1 Å². The maximum atomic E-state index is 13.0. The first kappa shape index (κ1) is 20.3. The van der Waals surface area contributed by atoms with Gasteiger partial charge in [0, 0.05) is 28.1 Å². The smallest absolute Gasteiger partial charge is 0.272 e. The number of nitrogen functional groups attached to an aromatic ring is 1. The Morgan fingerprint density at radius 2 is 1.96 bits per heavy atom. The van der Waals surface area contributed by atoms with Crippen molar-refractivity contribution >= 4 is 56.6 Å². The zero-order chi connectivity index (χ0) is 20.4. The molecule has 0 aliphatic carbocycles. The number of hydrazine groups is 1. The van der Waals surface area contributed by atoms with E-state index in [0.717, 1.165) is 0 Å². The molecule has 0 radical (unpaired) electrons. The number of benzene rings is 1. The quantitative estimate of drug-likeness (QED) is 0.296. The number of aromatic nitrogens is 2. The Balaban J connectivity index is 2.05. The largest absolute Gasteiger partial charge is 0.320 e. The van der Waals surface area contributed by atoms with Crippen molar-refractivity contribution in [3.8, 4) is 5.69 Å². The van der Waals surface area contributed by atoms with Gasteiger partial charge in [0.1, 0.15) is 5.69 Å². The van der Waals surface area contributed by atoms with Crippen molar-refractivity contribution in [3.05, 3.63) is 74.2 Å². The molecule has 0 spiro atoms. The Hall–Kier alpha value is -2.39. The van der Waals surface area contributed by atoms with Crippen LogP contribution in [0.1, 0.15) is 26.4 Å². The van der Waals surface area contributed by atoms with Crippen molar-refractivity contribution in [3.63, 3.8) is 0 Å². The van der Waals surface area contributed by atoms with Crippen molar-refractivity contribution in [2.45, 2.75) is 6.92 Å². The lowest BCUT2D eigenvalue weighted by Crippen LogP contribution is -2.31.